The number of aryl methyl sites for hydroxylation is 1. The van der Waals surface area contributed by atoms with Gasteiger partial charge in [0.2, 0.25) is 5.95 Å². The lowest BCUT2D eigenvalue weighted by atomic mass is 10.1. The number of piperazine rings is 1. The molecular formula is C25H28F4N6O. The largest absolute Gasteiger partial charge is 0.401 e. The van der Waals surface area contributed by atoms with Crippen molar-refractivity contribution in [2.45, 2.75) is 44.8 Å². The van der Waals surface area contributed by atoms with Crippen LogP contribution in [-0.2, 0) is 0 Å². The zero-order valence-corrected chi connectivity index (χ0v) is 20.0. The van der Waals surface area contributed by atoms with E-state index in [9.17, 15) is 22.4 Å². The summed E-state index contributed by atoms with van der Waals surface area (Å²) in [6.07, 6.45) is 0.982. The van der Waals surface area contributed by atoms with Gasteiger partial charge in [0.1, 0.15) is 5.65 Å². The number of fused-ring (bicyclic) bond motifs is 1. The summed E-state index contributed by atoms with van der Waals surface area (Å²) in [6, 6.07) is 7.43. The van der Waals surface area contributed by atoms with Crippen LogP contribution in [0.25, 0.3) is 11.0 Å². The van der Waals surface area contributed by atoms with Crippen LogP contribution in [0.4, 0.5) is 34.9 Å². The average Bonchev–Trinajstić information content (AvgIpc) is 3.37. The summed E-state index contributed by atoms with van der Waals surface area (Å²) in [4.78, 5) is 25.2. The van der Waals surface area contributed by atoms with Crippen molar-refractivity contribution in [2.24, 2.45) is 0 Å². The lowest BCUT2D eigenvalue weighted by Gasteiger charge is -2.36. The predicted octanol–water partition coefficient (Wildman–Crippen LogP) is 4.78. The molecule has 1 saturated heterocycles. The maximum absolute atomic E-state index is 14.6. The molecular weight excluding hydrogens is 476 g/mol. The second kappa shape index (κ2) is 9.68. The molecule has 0 atom stereocenters. The number of rotatable bonds is 5. The van der Waals surface area contributed by atoms with Crippen molar-refractivity contribution < 1.29 is 17.6 Å². The molecule has 2 aromatic heterocycles. The fourth-order valence-corrected chi connectivity index (χ4v) is 5.17. The van der Waals surface area contributed by atoms with Gasteiger partial charge >= 0.3 is 6.18 Å². The molecule has 11 heteroatoms. The van der Waals surface area contributed by atoms with E-state index in [0.29, 0.717) is 43.2 Å². The molecule has 0 spiro atoms. The van der Waals surface area contributed by atoms with E-state index in [4.69, 9.17) is 0 Å². The number of aromatic nitrogens is 3. The van der Waals surface area contributed by atoms with Crippen LogP contribution in [0.1, 0.15) is 37.3 Å². The van der Waals surface area contributed by atoms with Gasteiger partial charge in [0, 0.05) is 60.7 Å². The standard InChI is InChI=1S/C25H28F4N6O/c1-16-20-14-30-24(32-22(20)35(23(36)21(16)26)19-4-2-3-5-19)31-17-6-8-18(9-7-17)34-12-10-33(11-13-34)15-25(27,28)29/h6-9,14,19H,2-5,10-13,15H2,1H3,(H,30,31,32). The highest BCUT2D eigenvalue weighted by Crippen LogP contribution is 2.32. The molecule has 0 unspecified atom stereocenters. The fourth-order valence-electron chi connectivity index (χ4n) is 5.17. The van der Waals surface area contributed by atoms with Crippen molar-refractivity contribution in [1.82, 2.24) is 19.4 Å². The number of hydrogen-bond acceptors (Lipinski definition) is 6. The van der Waals surface area contributed by atoms with Gasteiger partial charge in [0.05, 0.1) is 6.54 Å². The molecule has 1 aliphatic heterocycles. The lowest BCUT2D eigenvalue weighted by molar-refractivity contribution is -0.146. The Balaban J connectivity index is 1.33. The molecule has 1 N–H and O–H groups in total. The fraction of sp³-hybridized carbons (Fsp3) is 0.480. The zero-order chi connectivity index (χ0) is 25.4. The van der Waals surface area contributed by atoms with Crippen LogP contribution in [0.5, 0.6) is 0 Å². The van der Waals surface area contributed by atoms with Crippen molar-refractivity contribution in [2.75, 3.05) is 42.9 Å². The lowest BCUT2D eigenvalue weighted by Crippen LogP contribution is -2.49. The summed E-state index contributed by atoms with van der Waals surface area (Å²) in [5, 5.41) is 3.67. The first kappa shape index (κ1) is 24.5. The van der Waals surface area contributed by atoms with Gasteiger partial charge in [0.25, 0.3) is 5.56 Å². The number of halogens is 4. The van der Waals surface area contributed by atoms with Gasteiger partial charge < -0.3 is 10.2 Å². The van der Waals surface area contributed by atoms with E-state index in [1.807, 2.05) is 24.3 Å². The smallest absolute Gasteiger partial charge is 0.369 e. The normalized spacial score (nSPS) is 17.8. The van der Waals surface area contributed by atoms with Crippen molar-refractivity contribution in [3.8, 4) is 0 Å². The molecule has 0 amide bonds. The predicted molar refractivity (Wildman–Crippen MR) is 130 cm³/mol. The van der Waals surface area contributed by atoms with E-state index in [2.05, 4.69) is 20.2 Å². The quantitative estimate of drug-likeness (QED) is 0.505. The SMILES string of the molecule is Cc1c(F)c(=O)n(C2CCCC2)c2nc(Nc3ccc(N4CCN(CC(F)(F)F)CC4)cc3)ncc12. The molecule has 36 heavy (non-hydrogen) atoms. The Hall–Kier alpha value is -3.21. The van der Waals surface area contributed by atoms with E-state index in [1.165, 1.54) is 9.47 Å². The first-order valence-corrected chi connectivity index (χ1v) is 12.2. The van der Waals surface area contributed by atoms with Crippen LogP contribution in [0, 0.1) is 12.7 Å². The third-order valence-electron chi connectivity index (χ3n) is 7.09. The van der Waals surface area contributed by atoms with Crippen LogP contribution in [-0.4, -0.2) is 58.3 Å². The Kier molecular flexibility index (Phi) is 6.59. The summed E-state index contributed by atoms with van der Waals surface area (Å²) in [6.45, 7) is 2.43. The monoisotopic (exact) mass is 504 g/mol. The highest BCUT2D eigenvalue weighted by Gasteiger charge is 2.32. The summed E-state index contributed by atoms with van der Waals surface area (Å²) in [5.74, 6) is -0.457. The molecule has 3 heterocycles. The highest BCUT2D eigenvalue weighted by molar-refractivity contribution is 5.79. The molecule has 2 fully saturated rings. The van der Waals surface area contributed by atoms with Gasteiger partial charge in [-0.3, -0.25) is 14.3 Å². The van der Waals surface area contributed by atoms with Gasteiger partial charge in [-0.05, 0) is 44.0 Å². The van der Waals surface area contributed by atoms with Crippen molar-refractivity contribution >= 4 is 28.4 Å². The first-order valence-electron chi connectivity index (χ1n) is 12.2. The topological polar surface area (TPSA) is 66.3 Å². The van der Waals surface area contributed by atoms with Crippen molar-refractivity contribution in [1.29, 1.82) is 0 Å². The second-order valence-electron chi connectivity index (χ2n) is 9.53. The van der Waals surface area contributed by atoms with E-state index < -0.39 is 24.1 Å². The van der Waals surface area contributed by atoms with Crippen molar-refractivity contribution in [3.63, 3.8) is 0 Å². The molecule has 3 aromatic rings. The Bertz CT molecular complexity index is 1290. The number of hydrogen-bond donors (Lipinski definition) is 1. The van der Waals surface area contributed by atoms with E-state index >= 15 is 0 Å². The minimum atomic E-state index is -4.18. The number of nitrogens with one attached hydrogen (secondary N) is 1. The molecule has 1 aliphatic carbocycles. The van der Waals surface area contributed by atoms with Crippen LogP contribution < -0.4 is 15.8 Å². The van der Waals surface area contributed by atoms with E-state index in [0.717, 1.165) is 37.1 Å². The Morgan fingerprint density at radius 3 is 2.36 bits per heavy atom. The number of benzene rings is 1. The van der Waals surface area contributed by atoms with Gasteiger partial charge in [0.15, 0.2) is 5.82 Å². The third kappa shape index (κ3) is 5.02. The van der Waals surface area contributed by atoms with Crippen LogP contribution >= 0.6 is 0 Å². The first-order chi connectivity index (χ1) is 17.2. The summed E-state index contributed by atoms with van der Waals surface area (Å²) >= 11 is 0. The summed E-state index contributed by atoms with van der Waals surface area (Å²) < 4.78 is 54.0. The second-order valence-corrected chi connectivity index (χ2v) is 9.53. The number of nitrogens with zero attached hydrogens (tertiary/aromatic N) is 5. The molecule has 0 radical (unpaired) electrons. The molecule has 2 aliphatic rings. The van der Waals surface area contributed by atoms with Gasteiger partial charge in [-0.2, -0.15) is 18.2 Å². The Labute approximate surface area is 205 Å². The van der Waals surface area contributed by atoms with E-state index in [-0.39, 0.29) is 11.6 Å². The summed E-state index contributed by atoms with van der Waals surface area (Å²) in [5.41, 5.74) is 1.68. The van der Waals surface area contributed by atoms with Gasteiger partial charge in [-0.25, -0.2) is 9.37 Å². The minimum absolute atomic E-state index is 0.0752. The number of anilines is 3. The summed E-state index contributed by atoms with van der Waals surface area (Å²) in [7, 11) is 0. The van der Waals surface area contributed by atoms with Gasteiger partial charge in [-0.15, -0.1) is 0 Å². The van der Waals surface area contributed by atoms with Crippen LogP contribution in [0.3, 0.4) is 0 Å². The Morgan fingerprint density at radius 1 is 1.06 bits per heavy atom. The average molecular weight is 505 g/mol. The molecule has 5 rings (SSSR count). The minimum Gasteiger partial charge on any atom is -0.369 e. The molecule has 1 saturated carbocycles. The maximum Gasteiger partial charge on any atom is 0.401 e. The Morgan fingerprint density at radius 2 is 1.72 bits per heavy atom. The zero-order valence-electron chi connectivity index (χ0n) is 20.0. The van der Waals surface area contributed by atoms with E-state index in [1.54, 1.807) is 13.1 Å². The number of alkyl halides is 3. The van der Waals surface area contributed by atoms with Crippen LogP contribution in [0.2, 0.25) is 0 Å². The van der Waals surface area contributed by atoms with Crippen molar-refractivity contribution in [3.05, 3.63) is 52.2 Å². The van der Waals surface area contributed by atoms with Crippen LogP contribution in [0.15, 0.2) is 35.3 Å². The maximum atomic E-state index is 14.6. The molecule has 7 nitrogen and oxygen atoms in total. The highest BCUT2D eigenvalue weighted by atomic mass is 19.4. The number of pyridine rings is 1. The molecule has 1 aromatic carbocycles. The van der Waals surface area contributed by atoms with Gasteiger partial charge in [-0.1, -0.05) is 12.8 Å². The molecule has 192 valence electrons. The molecule has 0 bridgehead atoms. The third-order valence-corrected chi connectivity index (χ3v) is 7.09.